The SMILES string of the molecule is CCCCCCCCCCCCCCCCCCOc1ccc(C(=O)C[n+]2ccncc2)cc1. The Labute approximate surface area is 208 Å². The molecule has 0 saturated heterocycles. The minimum absolute atomic E-state index is 0.0838. The molecule has 0 amide bonds. The third-order valence-electron chi connectivity index (χ3n) is 6.46. The Bertz CT molecular complexity index is 746. The lowest BCUT2D eigenvalue weighted by atomic mass is 10.0. The van der Waals surface area contributed by atoms with Crippen molar-refractivity contribution in [2.45, 2.75) is 116 Å². The second-order valence-electron chi connectivity index (χ2n) is 9.52. The molecule has 1 aromatic heterocycles. The van der Waals surface area contributed by atoms with Gasteiger partial charge < -0.3 is 4.74 Å². The Balaban J connectivity index is 1.39. The van der Waals surface area contributed by atoms with E-state index in [0.717, 1.165) is 18.8 Å². The number of benzene rings is 1. The van der Waals surface area contributed by atoms with Crippen LogP contribution in [0.15, 0.2) is 49.1 Å². The van der Waals surface area contributed by atoms with Crippen LogP contribution in [0.2, 0.25) is 0 Å². The van der Waals surface area contributed by atoms with Gasteiger partial charge in [0.05, 0.1) is 19.0 Å². The maximum absolute atomic E-state index is 12.4. The third-order valence-corrected chi connectivity index (χ3v) is 6.46. The molecule has 0 N–H and O–H groups in total. The molecule has 4 nitrogen and oxygen atoms in total. The molecule has 0 aliphatic heterocycles. The van der Waals surface area contributed by atoms with E-state index >= 15 is 0 Å². The molecule has 188 valence electrons. The minimum Gasteiger partial charge on any atom is -0.494 e. The summed E-state index contributed by atoms with van der Waals surface area (Å²) >= 11 is 0. The van der Waals surface area contributed by atoms with Gasteiger partial charge in [0.25, 0.3) is 0 Å². The van der Waals surface area contributed by atoms with Gasteiger partial charge in [-0.15, -0.1) is 0 Å². The second-order valence-corrected chi connectivity index (χ2v) is 9.52. The maximum atomic E-state index is 12.4. The van der Waals surface area contributed by atoms with E-state index in [0.29, 0.717) is 12.1 Å². The first kappa shape index (κ1) is 28.0. The van der Waals surface area contributed by atoms with E-state index in [4.69, 9.17) is 4.74 Å². The van der Waals surface area contributed by atoms with Crippen LogP contribution in [0.4, 0.5) is 0 Å². The van der Waals surface area contributed by atoms with Crippen LogP contribution in [0.5, 0.6) is 5.75 Å². The lowest BCUT2D eigenvalue weighted by Crippen LogP contribution is -2.37. The highest BCUT2D eigenvalue weighted by molar-refractivity contribution is 5.95. The van der Waals surface area contributed by atoms with Gasteiger partial charge in [-0.05, 0) is 30.7 Å². The fourth-order valence-electron chi connectivity index (χ4n) is 4.29. The van der Waals surface area contributed by atoms with Crippen LogP contribution in [-0.4, -0.2) is 17.4 Å². The minimum atomic E-state index is 0.0838. The van der Waals surface area contributed by atoms with Gasteiger partial charge in [0, 0.05) is 5.56 Å². The predicted octanol–water partition coefficient (Wildman–Crippen LogP) is 7.89. The zero-order valence-corrected chi connectivity index (χ0v) is 21.6. The Morgan fingerprint density at radius 3 is 1.68 bits per heavy atom. The maximum Gasteiger partial charge on any atom is 0.227 e. The largest absolute Gasteiger partial charge is 0.494 e. The average molecular weight is 468 g/mol. The number of hydrogen-bond acceptors (Lipinski definition) is 3. The summed E-state index contributed by atoms with van der Waals surface area (Å²) in [4.78, 5) is 16.3. The number of unbranched alkanes of at least 4 members (excludes halogenated alkanes) is 15. The Morgan fingerprint density at radius 2 is 1.18 bits per heavy atom. The Kier molecular flexibility index (Phi) is 15.7. The van der Waals surface area contributed by atoms with Gasteiger partial charge in [0.1, 0.15) is 5.75 Å². The number of aromatic nitrogens is 2. The van der Waals surface area contributed by atoms with E-state index < -0.39 is 0 Å². The first-order valence-electron chi connectivity index (χ1n) is 13.8. The molecule has 0 saturated carbocycles. The van der Waals surface area contributed by atoms with Gasteiger partial charge in [0.15, 0.2) is 12.4 Å². The zero-order chi connectivity index (χ0) is 24.1. The van der Waals surface area contributed by atoms with Crippen molar-refractivity contribution >= 4 is 5.78 Å². The van der Waals surface area contributed by atoms with Crippen LogP contribution >= 0.6 is 0 Å². The van der Waals surface area contributed by atoms with Crippen molar-refractivity contribution < 1.29 is 14.1 Å². The quantitative estimate of drug-likeness (QED) is 0.106. The number of ketones is 1. The number of nitrogens with zero attached hydrogens (tertiary/aromatic N) is 2. The Hall–Kier alpha value is -2.23. The molecule has 2 aromatic rings. The van der Waals surface area contributed by atoms with Gasteiger partial charge in [0.2, 0.25) is 12.3 Å². The molecule has 1 heterocycles. The number of ether oxygens (including phenoxy) is 1. The van der Waals surface area contributed by atoms with Gasteiger partial charge in [-0.2, -0.15) is 4.57 Å². The number of hydrogen-bond donors (Lipinski definition) is 0. The number of Topliss-reactive ketones (excluding diaryl/α,β-unsaturated/α-hetero) is 1. The highest BCUT2D eigenvalue weighted by Crippen LogP contribution is 2.15. The number of carbonyl (C=O) groups excluding carboxylic acids is 1. The van der Waals surface area contributed by atoms with E-state index in [2.05, 4.69) is 11.9 Å². The van der Waals surface area contributed by atoms with Crippen molar-refractivity contribution in [2.24, 2.45) is 0 Å². The van der Waals surface area contributed by atoms with E-state index in [1.54, 1.807) is 24.8 Å². The van der Waals surface area contributed by atoms with Crippen molar-refractivity contribution in [3.05, 3.63) is 54.6 Å². The highest BCUT2D eigenvalue weighted by Gasteiger charge is 2.11. The summed E-state index contributed by atoms with van der Waals surface area (Å²) in [6.07, 6.45) is 29.0. The van der Waals surface area contributed by atoms with Gasteiger partial charge in [-0.1, -0.05) is 103 Å². The summed E-state index contributed by atoms with van der Waals surface area (Å²) in [5, 5.41) is 0. The van der Waals surface area contributed by atoms with Crippen LogP contribution in [0.1, 0.15) is 120 Å². The molecule has 0 radical (unpaired) electrons. The molecule has 1 aromatic carbocycles. The van der Waals surface area contributed by atoms with Crippen molar-refractivity contribution in [3.63, 3.8) is 0 Å². The molecule has 0 aliphatic carbocycles. The summed E-state index contributed by atoms with van der Waals surface area (Å²) in [6, 6.07) is 7.51. The van der Waals surface area contributed by atoms with Crippen molar-refractivity contribution in [2.75, 3.05) is 6.61 Å². The van der Waals surface area contributed by atoms with E-state index in [-0.39, 0.29) is 5.78 Å². The summed E-state index contributed by atoms with van der Waals surface area (Å²) in [5.74, 6) is 0.926. The van der Waals surface area contributed by atoms with Crippen LogP contribution in [-0.2, 0) is 6.54 Å². The van der Waals surface area contributed by atoms with Crippen molar-refractivity contribution in [3.8, 4) is 5.75 Å². The molecule has 0 bridgehead atoms. The molecule has 34 heavy (non-hydrogen) atoms. The molecular weight excluding hydrogens is 420 g/mol. The van der Waals surface area contributed by atoms with Gasteiger partial charge >= 0.3 is 0 Å². The first-order chi connectivity index (χ1) is 16.8. The molecular formula is C30H47N2O2+. The Morgan fingerprint density at radius 1 is 0.706 bits per heavy atom. The molecule has 0 unspecified atom stereocenters. The van der Waals surface area contributed by atoms with E-state index in [1.807, 2.05) is 28.8 Å². The van der Waals surface area contributed by atoms with Crippen LogP contribution in [0.25, 0.3) is 0 Å². The average Bonchev–Trinajstić information content (AvgIpc) is 2.87. The lowest BCUT2D eigenvalue weighted by molar-refractivity contribution is -0.683. The molecule has 4 heteroatoms. The monoisotopic (exact) mass is 467 g/mol. The first-order valence-corrected chi connectivity index (χ1v) is 13.8. The predicted molar refractivity (Wildman–Crippen MR) is 140 cm³/mol. The van der Waals surface area contributed by atoms with Gasteiger partial charge in [-0.3, -0.25) is 9.78 Å². The summed E-state index contributed by atoms with van der Waals surface area (Å²) in [6.45, 7) is 3.35. The molecule has 2 rings (SSSR count). The molecule has 0 fully saturated rings. The summed E-state index contributed by atoms with van der Waals surface area (Å²) in [7, 11) is 0. The number of carbonyl (C=O) groups is 1. The summed E-state index contributed by atoms with van der Waals surface area (Å²) < 4.78 is 7.68. The molecule has 0 atom stereocenters. The van der Waals surface area contributed by atoms with Crippen molar-refractivity contribution in [1.82, 2.24) is 4.98 Å². The van der Waals surface area contributed by atoms with Gasteiger partial charge in [-0.25, -0.2) is 0 Å². The molecule has 0 spiro atoms. The normalized spacial score (nSPS) is 11.0. The van der Waals surface area contributed by atoms with E-state index in [1.165, 1.54) is 96.3 Å². The lowest BCUT2D eigenvalue weighted by Gasteiger charge is -2.07. The fraction of sp³-hybridized carbons (Fsp3) is 0.633. The standard InChI is InChI=1S/C30H47N2O2/c1-2-3-4-5-6-7-8-9-10-11-12-13-14-15-16-17-26-34-29-20-18-28(19-21-29)30(33)27-32-24-22-31-23-25-32/h18-25H,2-17,26-27H2,1H3/q+1. The third kappa shape index (κ3) is 13.5. The van der Waals surface area contributed by atoms with Crippen molar-refractivity contribution in [1.29, 1.82) is 0 Å². The topological polar surface area (TPSA) is 43.1 Å². The fourth-order valence-corrected chi connectivity index (χ4v) is 4.29. The second kappa shape index (κ2) is 19.1. The summed E-state index contributed by atoms with van der Waals surface area (Å²) in [5.41, 5.74) is 0.707. The highest BCUT2D eigenvalue weighted by atomic mass is 16.5. The zero-order valence-electron chi connectivity index (χ0n) is 21.6. The van der Waals surface area contributed by atoms with E-state index in [9.17, 15) is 4.79 Å². The number of rotatable bonds is 21. The smallest absolute Gasteiger partial charge is 0.227 e. The molecule has 0 aliphatic rings. The van der Waals surface area contributed by atoms with Crippen LogP contribution in [0, 0.1) is 0 Å². The van der Waals surface area contributed by atoms with Crippen LogP contribution in [0.3, 0.4) is 0 Å². The van der Waals surface area contributed by atoms with Crippen LogP contribution < -0.4 is 9.30 Å².